The second-order valence-corrected chi connectivity index (χ2v) is 4.60. The molecule has 21 heavy (non-hydrogen) atoms. The van der Waals surface area contributed by atoms with E-state index in [0.29, 0.717) is 5.75 Å². The summed E-state index contributed by atoms with van der Waals surface area (Å²) >= 11 is 0. The molecule has 1 unspecified atom stereocenters. The van der Waals surface area contributed by atoms with Crippen molar-refractivity contribution in [3.8, 4) is 5.75 Å². The molecule has 0 bridgehead atoms. The lowest BCUT2D eigenvalue weighted by Crippen LogP contribution is -2.33. The first kappa shape index (κ1) is 17.7. The van der Waals surface area contributed by atoms with Gasteiger partial charge in [0.15, 0.2) is 0 Å². The molecule has 0 aromatic heterocycles. The summed E-state index contributed by atoms with van der Waals surface area (Å²) in [6, 6.07) is 7.44. The minimum absolute atomic E-state index is 0.0646. The van der Waals surface area contributed by atoms with E-state index in [1.807, 2.05) is 25.1 Å². The van der Waals surface area contributed by atoms with Crippen LogP contribution in [-0.2, 0) is 4.74 Å². The first-order chi connectivity index (χ1) is 9.88. The highest BCUT2D eigenvalue weighted by Gasteiger charge is 2.27. The predicted octanol–water partition coefficient (Wildman–Crippen LogP) is 1.90. The molecular formula is C14H20F3NO3. The molecule has 1 atom stereocenters. The first-order valence-corrected chi connectivity index (χ1v) is 6.60. The summed E-state index contributed by atoms with van der Waals surface area (Å²) in [5.74, 6) is 0.699. The van der Waals surface area contributed by atoms with Crippen LogP contribution in [0.5, 0.6) is 5.75 Å². The van der Waals surface area contributed by atoms with Gasteiger partial charge in [-0.15, -0.1) is 0 Å². The number of alkyl halides is 3. The lowest BCUT2D eigenvalue weighted by Gasteiger charge is -2.14. The van der Waals surface area contributed by atoms with Crippen molar-refractivity contribution in [1.82, 2.24) is 5.32 Å². The molecule has 0 saturated carbocycles. The van der Waals surface area contributed by atoms with E-state index in [0.717, 1.165) is 5.56 Å². The van der Waals surface area contributed by atoms with Crippen LogP contribution in [-0.4, -0.2) is 50.3 Å². The third-order valence-electron chi connectivity index (χ3n) is 2.59. The molecule has 0 aliphatic heterocycles. The maximum atomic E-state index is 11.8. The maximum absolute atomic E-state index is 11.8. The lowest BCUT2D eigenvalue weighted by molar-refractivity contribution is -0.173. The Morgan fingerprint density at radius 3 is 2.67 bits per heavy atom. The largest absolute Gasteiger partial charge is 0.491 e. The van der Waals surface area contributed by atoms with Crippen LogP contribution in [0.2, 0.25) is 0 Å². The van der Waals surface area contributed by atoms with E-state index in [2.05, 4.69) is 10.1 Å². The van der Waals surface area contributed by atoms with Crippen LogP contribution in [0.3, 0.4) is 0 Å². The molecule has 0 fully saturated rings. The minimum atomic E-state index is -4.30. The highest BCUT2D eigenvalue weighted by Crippen LogP contribution is 2.16. The normalized spacial score (nSPS) is 13.2. The fourth-order valence-electron chi connectivity index (χ4n) is 1.56. The van der Waals surface area contributed by atoms with Crippen LogP contribution in [0.4, 0.5) is 13.2 Å². The van der Waals surface area contributed by atoms with Crippen molar-refractivity contribution in [3.63, 3.8) is 0 Å². The third kappa shape index (κ3) is 8.54. The fraction of sp³-hybridized carbons (Fsp3) is 0.571. The molecule has 4 nitrogen and oxygen atoms in total. The predicted molar refractivity (Wildman–Crippen MR) is 72.4 cm³/mol. The van der Waals surface area contributed by atoms with E-state index < -0.39 is 18.9 Å². The quantitative estimate of drug-likeness (QED) is 0.684. The first-order valence-electron chi connectivity index (χ1n) is 6.60. The molecule has 2 N–H and O–H groups in total. The molecule has 120 valence electrons. The van der Waals surface area contributed by atoms with Crippen molar-refractivity contribution in [3.05, 3.63) is 29.8 Å². The average molecular weight is 307 g/mol. The van der Waals surface area contributed by atoms with Crippen LogP contribution < -0.4 is 10.1 Å². The highest BCUT2D eigenvalue weighted by molar-refractivity contribution is 5.31. The smallest absolute Gasteiger partial charge is 0.411 e. The van der Waals surface area contributed by atoms with E-state index in [9.17, 15) is 18.3 Å². The number of hydrogen-bond donors (Lipinski definition) is 2. The summed E-state index contributed by atoms with van der Waals surface area (Å²) in [5.41, 5.74) is 0.971. The second kappa shape index (κ2) is 8.86. The van der Waals surface area contributed by atoms with E-state index in [1.165, 1.54) is 0 Å². The minimum Gasteiger partial charge on any atom is -0.491 e. The number of rotatable bonds is 9. The fourth-order valence-corrected chi connectivity index (χ4v) is 1.56. The summed E-state index contributed by atoms with van der Waals surface area (Å²) in [7, 11) is 0. The van der Waals surface area contributed by atoms with Gasteiger partial charge in [-0.05, 0) is 18.6 Å². The molecule has 1 aromatic rings. The van der Waals surface area contributed by atoms with Gasteiger partial charge >= 0.3 is 6.18 Å². The van der Waals surface area contributed by atoms with Gasteiger partial charge in [0.05, 0.1) is 6.61 Å². The van der Waals surface area contributed by atoms with Crippen molar-refractivity contribution in [2.75, 3.05) is 32.9 Å². The summed E-state index contributed by atoms with van der Waals surface area (Å²) in [5, 5.41) is 12.5. The second-order valence-electron chi connectivity index (χ2n) is 4.60. The van der Waals surface area contributed by atoms with Crippen LogP contribution in [0, 0.1) is 6.92 Å². The molecule has 0 radical (unpaired) electrons. The zero-order valence-electron chi connectivity index (χ0n) is 11.8. The Morgan fingerprint density at radius 2 is 2.00 bits per heavy atom. The monoisotopic (exact) mass is 307 g/mol. The number of aliphatic hydroxyl groups is 1. The van der Waals surface area contributed by atoms with Gasteiger partial charge in [-0.3, -0.25) is 0 Å². The number of aryl methyl sites for hydroxylation is 1. The molecule has 7 heteroatoms. The SMILES string of the molecule is Cc1ccccc1OCC(O)CNCCOCC(F)(F)F. The molecule has 1 aromatic carbocycles. The topological polar surface area (TPSA) is 50.7 Å². The van der Waals surface area contributed by atoms with E-state index in [1.54, 1.807) is 6.07 Å². The van der Waals surface area contributed by atoms with Crippen molar-refractivity contribution < 1.29 is 27.8 Å². The highest BCUT2D eigenvalue weighted by atomic mass is 19.4. The third-order valence-corrected chi connectivity index (χ3v) is 2.59. The summed E-state index contributed by atoms with van der Waals surface area (Å²) in [4.78, 5) is 0. The van der Waals surface area contributed by atoms with Gasteiger partial charge < -0.3 is 19.9 Å². The lowest BCUT2D eigenvalue weighted by atomic mass is 10.2. The van der Waals surface area contributed by atoms with Crippen LogP contribution in [0.15, 0.2) is 24.3 Å². The Kier molecular flexibility index (Phi) is 7.49. The van der Waals surface area contributed by atoms with Gasteiger partial charge in [0.1, 0.15) is 25.1 Å². The number of nitrogens with one attached hydrogen (secondary N) is 1. The number of benzene rings is 1. The Labute approximate surface area is 121 Å². The van der Waals surface area contributed by atoms with Crippen molar-refractivity contribution >= 4 is 0 Å². The maximum Gasteiger partial charge on any atom is 0.411 e. The van der Waals surface area contributed by atoms with Crippen LogP contribution in [0.25, 0.3) is 0 Å². The summed E-state index contributed by atoms with van der Waals surface area (Å²) < 4.78 is 45.2. The van der Waals surface area contributed by atoms with Crippen LogP contribution >= 0.6 is 0 Å². The molecule has 0 aliphatic rings. The van der Waals surface area contributed by atoms with Crippen molar-refractivity contribution in [2.24, 2.45) is 0 Å². The van der Waals surface area contributed by atoms with Gasteiger partial charge in [-0.25, -0.2) is 0 Å². The summed E-state index contributed by atoms with van der Waals surface area (Å²) in [6.07, 6.45) is -5.05. The number of halogens is 3. The average Bonchev–Trinajstić information content (AvgIpc) is 2.40. The van der Waals surface area contributed by atoms with Crippen LogP contribution in [0.1, 0.15) is 5.56 Å². The molecule has 1 rings (SSSR count). The Hall–Kier alpha value is -1.31. The van der Waals surface area contributed by atoms with E-state index in [4.69, 9.17) is 4.74 Å². The van der Waals surface area contributed by atoms with Gasteiger partial charge in [0.2, 0.25) is 0 Å². The summed E-state index contributed by atoms with van der Waals surface area (Å²) in [6.45, 7) is 1.15. The van der Waals surface area contributed by atoms with Crippen molar-refractivity contribution in [2.45, 2.75) is 19.2 Å². The number of aliphatic hydroxyl groups excluding tert-OH is 1. The molecule has 0 aliphatic carbocycles. The molecule has 0 spiro atoms. The standard InChI is InChI=1S/C14H20F3NO3/c1-11-4-2-3-5-13(11)21-9-12(19)8-18-6-7-20-10-14(15,16)17/h2-5,12,18-19H,6-10H2,1H3. The van der Waals surface area contributed by atoms with E-state index >= 15 is 0 Å². The number of para-hydroxylation sites is 1. The van der Waals surface area contributed by atoms with Gasteiger partial charge in [0, 0.05) is 13.1 Å². The van der Waals surface area contributed by atoms with Gasteiger partial charge in [0.25, 0.3) is 0 Å². The zero-order chi connectivity index (χ0) is 15.7. The molecular weight excluding hydrogens is 287 g/mol. The van der Waals surface area contributed by atoms with Crippen molar-refractivity contribution in [1.29, 1.82) is 0 Å². The van der Waals surface area contributed by atoms with E-state index in [-0.39, 0.29) is 26.3 Å². The number of hydrogen-bond acceptors (Lipinski definition) is 4. The molecule has 0 saturated heterocycles. The molecule has 0 heterocycles. The van der Waals surface area contributed by atoms with Gasteiger partial charge in [-0.2, -0.15) is 13.2 Å². The Balaban J connectivity index is 2.07. The Morgan fingerprint density at radius 1 is 1.29 bits per heavy atom. The van der Waals surface area contributed by atoms with Gasteiger partial charge in [-0.1, -0.05) is 18.2 Å². The molecule has 0 amide bonds. The Bertz CT molecular complexity index is 413. The zero-order valence-corrected chi connectivity index (χ0v) is 11.8. The number of ether oxygens (including phenoxy) is 2.